The van der Waals surface area contributed by atoms with Crippen molar-refractivity contribution >= 4 is 24.5 Å². The van der Waals surface area contributed by atoms with Crippen molar-refractivity contribution in [3.8, 4) is 0 Å². The Labute approximate surface area is 140 Å². The molecule has 7 heteroatoms. The predicted octanol–water partition coefficient (Wildman–Crippen LogP) is 1.64. The van der Waals surface area contributed by atoms with Crippen LogP contribution in [-0.4, -0.2) is 40.7 Å². The Morgan fingerprint density at radius 1 is 1.26 bits per heavy atom. The number of carbonyl (C=O) groups excluding carboxylic acids is 1. The van der Waals surface area contributed by atoms with Crippen molar-refractivity contribution in [3.63, 3.8) is 0 Å². The van der Waals surface area contributed by atoms with Crippen molar-refractivity contribution in [1.82, 2.24) is 4.90 Å². The molecule has 124 valence electrons. The highest BCUT2D eigenvalue weighted by molar-refractivity contribution is 5.85. The van der Waals surface area contributed by atoms with Crippen LogP contribution in [0.3, 0.4) is 0 Å². The van der Waals surface area contributed by atoms with E-state index in [0.717, 1.165) is 5.56 Å². The highest BCUT2D eigenvalue weighted by Gasteiger charge is 2.50. The summed E-state index contributed by atoms with van der Waals surface area (Å²) in [6.07, 6.45) is 3.02. The van der Waals surface area contributed by atoms with Gasteiger partial charge in [0.2, 0.25) is 0 Å². The number of carbonyl (C=O) groups is 2. The van der Waals surface area contributed by atoms with Crippen LogP contribution in [0.25, 0.3) is 0 Å². The summed E-state index contributed by atoms with van der Waals surface area (Å²) in [7, 11) is 0. The van der Waals surface area contributed by atoms with Gasteiger partial charge in [-0.1, -0.05) is 42.5 Å². The molecule has 1 aromatic rings. The first-order chi connectivity index (χ1) is 10.6. The van der Waals surface area contributed by atoms with Crippen LogP contribution in [0.5, 0.6) is 0 Å². The van der Waals surface area contributed by atoms with Gasteiger partial charge < -0.3 is 15.6 Å². The fraction of sp³-hybridized carbons (Fsp3) is 0.375. The molecule has 23 heavy (non-hydrogen) atoms. The third kappa shape index (κ3) is 3.33. The number of rotatable bonds is 3. The lowest BCUT2D eigenvalue weighted by molar-refractivity contribution is -0.142. The summed E-state index contributed by atoms with van der Waals surface area (Å²) in [5.74, 6) is -1.31. The lowest BCUT2D eigenvalue weighted by Gasteiger charge is -2.22. The minimum atomic E-state index is -1.03. The molecule has 1 unspecified atom stereocenters. The van der Waals surface area contributed by atoms with E-state index in [1.54, 1.807) is 6.08 Å². The van der Waals surface area contributed by atoms with E-state index in [1.807, 2.05) is 36.4 Å². The third-order valence-electron chi connectivity index (χ3n) is 4.34. The molecule has 1 fully saturated rings. The first-order valence-corrected chi connectivity index (χ1v) is 7.22. The zero-order valence-corrected chi connectivity index (χ0v) is 13.2. The fourth-order valence-electron chi connectivity index (χ4n) is 3.22. The summed E-state index contributed by atoms with van der Waals surface area (Å²) in [5.41, 5.74) is 6.81. The number of halogens is 1. The molecule has 1 heterocycles. The van der Waals surface area contributed by atoms with Crippen LogP contribution in [0.1, 0.15) is 5.56 Å². The van der Waals surface area contributed by atoms with Gasteiger partial charge in [-0.25, -0.2) is 9.59 Å². The summed E-state index contributed by atoms with van der Waals surface area (Å²) in [6, 6.07) is 8.16. The molecule has 0 aromatic heterocycles. The molecule has 0 spiro atoms. The standard InChI is InChI=1S/C16H18N2O4.ClH/c17-13-7-6-11-12(13)8-18(14(11)15(19)20)16(21)22-9-10-4-2-1-3-5-10;/h1-7,11-14H,8-9,17H2,(H,19,20);1H/t11-,12-,13?,14-;/m0./s1. The number of nitrogens with zero attached hydrogens (tertiary/aromatic N) is 1. The van der Waals surface area contributed by atoms with Crippen molar-refractivity contribution in [1.29, 1.82) is 0 Å². The van der Waals surface area contributed by atoms with Crippen LogP contribution in [0.15, 0.2) is 42.5 Å². The number of fused-ring (bicyclic) bond motifs is 1. The Kier molecular flexibility index (Phi) is 5.28. The first kappa shape index (κ1) is 17.3. The van der Waals surface area contributed by atoms with E-state index in [1.165, 1.54) is 4.90 Å². The number of carboxylic acid groups (broad SMARTS) is 1. The van der Waals surface area contributed by atoms with Crippen molar-refractivity contribution in [3.05, 3.63) is 48.0 Å². The largest absolute Gasteiger partial charge is 0.480 e. The van der Waals surface area contributed by atoms with Gasteiger partial charge in [0.25, 0.3) is 0 Å². The van der Waals surface area contributed by atoms with Gasteiger partial charge in [0.15, 0.2) is 0 Å². The summed E-state index contributed by atoms with van der Waals surface area (Å²) in [4.78, 5) is 25.0. The van der Waals surface area contributed by atoms with Crippen LogP contribution in [-0.2, 0) is 16.1 Å². The molecule has 1 amide bonds. The Morgan fingerprint density at radius 2 is 1.96 bits per heavy atom. The molecule has 0 radical (unpaired) electrons. The molecule has 2 aliphatic rings. The second kappa shape index (κ2) is 7.02. The SMILES string of the molecule is Cl.NC1C=C[C@H]2[C@@H]1CN(C(=O)OCc1ccccc1)[C@@H]2C(=O)O. The number of aliphatic carboxylic acids is 1. The van der Waals surface area contributed by atoms with E-state index >= 15 is 0 Å². The maximum atomic E-state index is 12.2. The number of ether oxygens (including phenoxy) is 1. The van der Waals surface area contributed by atoms with Gasteiger partial charge >= 0.3 is 12.1 Å². The van der Waals surface area contributed by atoms with Gasteiger partial charge in [0.05, 0.1) is 0 Å². The minimum absolute atomic E-state index is 0. The lowest BCUT2D eigenvalue weighted by Crippen LogP contribution is -2.43. The molecule has 4 atom stereocenters. The highest BCUT2D eigenvalue weighted by atomic mass is 35.5. The second-order valence-electron chi connectivity index (χ2n) is 5.68. The molecule has 1 aliphatic heterocycles. The van der Waals surface area contributed by atoms with Crippen LogP contribution < -0.4 is 5.73 Å². The number of carboxylic acids is 1. The first-order valence-electron chi connectivity index (χ1n) is 7.22. The Hall–Kier alpha value is -2.05. The van der Waals surface area contributed by atoms with Crippen molar-refractivity contribution in [2.24, 2.45) is 17.6 Å². The normalized spacial score (nSPS) is 28.1. The number of benzene rings is 1. The summed E-state index contributed by atoms with van der Waals surface area (Å²) >= 11 is 0. The minimum Gasteiger partial charge on any atom is -0.480 e. The van der Waals surface area contributed by atoms with Crippen LogP contribution in [0.2, 0.25) is 0 Å². The average Bonchev–Trinajstić information content (AvgIpc) is 3.06. The molecule has 1 aromatic carbocycles. The highest BCUT2D eigenvalue weighted by Crippen LogP contribution is 2.37. The van der Waals surface area contributed by atoms with Gasteiger partial charge in [0.1, 0.15) is 12.6 Å². The second-order valence-corrected chi connectivity index (χ2v) is 5.68. The van der Waals surface area contributed by atoms with Crippen molar-refractivity contribution < 1.29 is 19.4 Å². The zero-order chi connectivity index (χ0) is 15.7. The van der Waals surface area contributed by atoms with E-state index in [-0.39, 0.29) is 36.9 Å². The van der Waals surface area contributed by atoms with Crippen LogP contribution in [0.4, 0.5) is 4.79 Å². The Bertz CT molecular complexity index is 607. The number of hydrogen-bond acceptors (Lipinski definition) is 4. The molecule has 1 saturated heterocycles. The van der Waals surface area contributed by atoms with Crippen molar-refractivity contribution in [2.45, 2.75) is 18.7 Å². The van der Waals surface area contributed by atoms with Gasteiger partial charge in [-0.3, -0.25) is 4.90 Å². The van der Waals surface area contributed by atoms with E-state index in [2.05, 4.69) is 0 Å². The average molecular weight is 339 g/mol. The molecule has 6 nitrogen and oxygen atoms in total. The van der Waals surface area contributed by atoms with E-state index in [0.29, 0.717) is 6.54 Å². The van der Waals surface area contributed by atoms with Gasteiger partial charge in [-0.05, 0) is 5.56 Å². The molecule has 0 bridgehead atoms. The molecule has 3 N–H and O–H groups in total. The number of hydrogen-bond donors (Lipinski definition) is 2. The van der Waals surface area contributed by atoms with E-state index in [4.69, 9.17) is 10.5 Å². The Balaban J connectivity index is 0.00000192. The van der Waals surface area contributed by atoms with Gasteiger partial charge in [-0.2, -0.15) is 0 Å². The maximum Gasteiger partial charge on any atom is 0.410 e. The fourth-order valence-corrected chi connectivity index (χ4v) is 3.22. The molecule has 1 aliphatic carbocycles. The predicted molar refractivity (Wildman–Crippen MR) is 86.1 cm³/mol. The number of nitrogens with two attached hydrogens (primary N) is 1. The number of amides is 1. The topological polar surface area (TPSA) is 92.9 Å². The van der Waals surface area contributed by atoms with E-state index in [9.17, 15) is 14.7 Å². The van der Waals surface area contributed by atoms with Gasteiger partial charge in [0, 0.05) is 24.4 Å². The molecule has 3 rings (SSSR count). The summed E-state index contributed by atoms with van der Waals surface area (Å²) in [6.45, 7) is 0.434. The molecular formula is C16H19ClN2O4. The molecular weight excluding hydrogens is 320 g/mol. The monoisotopic (exact) mass is 338 g/mol. The summed E-state index contributed by atoms with van der Waals surface area (Å²) in [5, 5.41) is 9.43. The lowest BCUT2D eigenvalue weighted by atomic mass is 9.92. The molecule has 0 saturated carbocycles. The smallest absolute Gasteiger partial charge is 0.410 e. The Morgan fingerprint density at radius 3 is 2.61 bits per heavy atom. The quantitative estimate of drug-likeness (QED) is 0.817. The van der Waals surface area contributed by atoms with Crippen LogP contribution in [0, 0.1) is 11.8 Å². The number of likely N-dealkylation sites (tertiary alicyclic amines) is 1. The zero-order valence-electron chi connectivity index (χ0n) is 12.4. The summed E-state index contributed by atoms with van der Waals surface area (Å²) < 4.78 is 5.25. The maximum absolute atomic E-state index is 12.2. The van der Waals surface area contributed by atoms with Crippen molar-refractivity contribution in [2.75, 3.05) is 6.54 Å². The van der Waals surface area contributed by atoms with Crippen LogP contribution >= 0.6 is 12.4 Å². The van der Waals surface area contributed by atoms with Gasteiger partial charge in [-0.15, -0.1) is 12.4 Å². The third-order valence-corrected chi connectivity index (χ3v) is 4.34. The van der Waals surface area contributed by atoms with E-state index < -0.39 is 18.1 Å².